The summed E-state index contributed by atoms with van der Waals surface area (Å²) in [7, 11) is 0. The van der Waals surface area contributed by atoms with Crippen LogP contribution in [0.15, 0.2) is 0 Å². The van der Waals surface area contributed by atoms with Gasteiger partial charge >= 0.3 is 0 Å². The number of carbonyl (C=O) groups excluding carboxylic acids is 2. The van der Waals surface area contributed by atoms with Crippen molar-refractivity contribution in [1.82, 2.24) is 15.7 Å². The van der Waals surface area contributed by atoms with Gasteiger partial charge in [-0.05, 0) is 19.8 Å². The lowest BCUT2D eigenvalue weighted by Crippen LogP contribution is -2.31. The van der Waals surface area contributed by atoms with Crippen LogP contribution in [0.25, 0.3) is 0 Å². The Hall–Kier alpha value is -1.47. The molecule has 0 unspecified atom stereocenters. The number of carbonyl (C=O) groups is 2. The van der Waals surface area contributed by atoms with Crippen molar-refractivity contribution in [3.8, 4) is 0 Å². The summed E-state index contributed by atoms with van der Waals surface area (Å²) in [6, 6.07) is 0.319. The second kappa shape index (κ2) is 4.80. The van der Waals surface area contributed by atoms with E-state index in [0.29, 0.717) is 21.6 Å². The third-order valence-corrected chi connectivity index (χ3v) is 3.59. The second-order valence-corrected chi connectivity index (χ2v) is 5.10. The van der Waals surface area contributed by atoms with Gasteiger partial charge in [-0.25, -0.2) is 10.8 Å². The summed E-state index contributed by atoms with van der Waals surface area (Å²) in [4.78, 5) is 27.7. The van der Waals surface area contributed by atoms with Crippen LogP contribution in [0, 0.1) is 6.92 Å². The van der Waals surface area contributed by atoms with E-state index in [1.54, 1.807) is 6.92 Å². The first-order valence-electron chi connectivity index (χ1n) is 5.36. The van der Waals surface area contributed by atoms with E-state index >= 15 is 0 Å². The molecule has 17 heavy (non-hydrogen) atoms. The molecule has 0 atom stereocenters. The fourth-order valence-electron chi connectivity index (χ4n) is 1.41. The molecule has 6 nitrogen and oxygen atoms in total. The van der Waals surface area contributed by atoms with E-state index in [2.05, 4.69) is 10.3 Å². The van der Waals surface area contributed by atoms with Crippen LogP contribution in [0.3, 0.4) is 0 Å². The Morgan fingerprint density at radius 1 is 1.53 bits per heavy atom. The molecular weight excluding hydrogens is 240 g/mol. The summed E-state index contributed by atoms with van der Waals surface area (Å²) >= 11 is 1.24. The minimum atomic E-state index is -0.312. The maximum absolute atomic E-state index is 11.8. The quantitative estimate of drug-likeness (QED) is 0.396. The van der Waals surface area contributed by atoms with Gasteiger partial charge in [0.25, 0.3) is 5.91 Å². The molecule has 0 saturated heterocycles. The smallest absolute Gasteiger partial charge is 0.263 e. The topological polar surface area (TPSA) is 97.1 Å². The number of aryl methyl sites for hydroxylation is 1. The summed E-state index contributed by atoms with van der Waals surface area (Å²) in [5.41, 5.74) is 2.70. The Morgan fingerprint density at radius 2 is 2.24 bits per heavy atom. The van der Waals surface area contributed by atoms with Crippen molar-refractivity contribution in [1.29, 1.82) is 0 Å². The summed E-state index contributed by atoms with van der Waals surface area (Å²) in [5, 5.41) is 3.50. The Balaban J connectivity index is 2.06. The molecule has 1 aliphatic carbocycles. The Labute approximate surface area is 103 Å². The van der Waals surface area contributed by atoms with Crippen LogP contribution in [0.5, 0.6) is 0 Å². The van der Waals surface area contributed by atoms with E-state index in [1.165, 1.54) is 11.3 Å². The monoisotopic (exact) mass is 254 g/mol. The molecule has 92 valence electrons. The molecule has 1 heterocycles. The third kappa shape index (κ3) is 3.01. The van der Waals surface area contributed by atoms with Crippen LogP contribution in [-0.4, -0.2) is 22.8 Å². The van der Waals surface area contributed by atoms with Crippen molar-refractivity contribution < 1.29 is 9.59 Å². The Morgan fingerprint density at radius 3 is 2.82 bits per heavy atom. The van der Waals surface area contributed by atoms with Gasteiger partial charge in [-0.2, -0.15) is 0 Å². The van der Waals surface area contributed by atoms with Gasteiger partial charge in [-0.1, -0.05) is 0 Å². The van der Waals surface area contributed by atoms with Crippen molar-refractivity contribution >= 4 is 23.2 Å². The number of hydrazine groups is 1. The van der Waals surface area contributed by atoms with Crippen LogP contribution in [-0.2, 0) is 11.2 Å². The van der Waals surface area contributed by atoms with Gasteiger partial charge < -0.3 is 5.32 Å². The van der Waals surface area contributed by atoms with Gasteiger partial charge in [0.2, 0.25) is 5.91 Å². The maximum atomic E-state index is 11.8. The number of nitrogens with zero attached hydrogens (tertiary/aromatic N) is 1. The third-order valence-electron chi connectivity index (χ3n) is 2.43. The van der Waals surface area contributed by atoms with Gasteiger partial charge in [0, 0.05) is 6.04 Å². The van der Waals surface area contributed by atoms with E-state index in [9.17, 15) is 9.59 Å². The Bertz CT molecular complexity index is 453. The number of rotatable bonds is 4. The minimum Gasteiger partial charge on any atom is -0.349 e. The standard InChI is InChI=1S/C10H14N4O2S/c1-5-9(10(16)13-6-2-3-6)17-8(12-5)4-7(15)14-11/h6H,2-4,11H2,1H3,(H,13,16)(H,14,15). The molecule has 7 heteroatoms. The number of aromatic nitrogens is 1. The molecule has 4 N–H and O–H groups in total. The summed E-state index contributed by atoms with van der Waals surface area (Å²) in [5.74, 6) is 4.59. The molecule has 2 rings (SSSR count). The fraction of sp³-hybridized carbons (Fsp3) is 0.500. The predicted octanol–water partition coefficient (Wildman–Crippen LogP) is -0.124. The first-order chi connectivity index (χ1) is 8.10. The maximum Gasteiger partial charge on any atom is 0.263 e. The number of nitrogens with one attached hydrogen (secondary N) is 2. The lowest BCUT2D eigenvalue weighted by molar-refractivity contribution is -0.120. The average Bonchev–Trinajstić information content (AvgIpc) is 3.01. The largest absolute Gasteiger partial charge is 0.349 e. The molecule has 1 aromatic heterocycles. The van der Waals surface area contributed by atoms with Crippen molar-refractivity contribution in [2.24, 2.45) is 5.84 Å². The zero-order valence-electron chi connectivity index (χ0n) is 9.45. The van der Waals surface area contributed by atoms with Crippen LogP contribution in [0.2, 0.25) is 0 Å². The lowest BCUT2D eigenvalue weighted by Gasteiger charge is -1.99. The number of thiazole rings is 1. The average molecular weight is 254 g/mol. The summed E-state index contributed by atoms with van der Waals surface area (Å²) in [6.07, 6.45) is 2.21. The van der Waals surface area contributed by atoms with Crippen LogP contribution in [0.1, 0.15) is 33.2 Å². The van der Waals surface area contributed by atoms with Crippen LogP contribution in [0.4, 0.5) is 0 Å². The number of nitrogens with two attached hydrogens (primary N) is 1. The SMILES string of the molecule is Cc1nc(CC(=O)NN)sc1C(=O)NC1CC1. The molecule has 1 aliphatic rings. The molecule has 1 aromatic rings. The van der Waals surface area contributed by atoms with Crippen molar-refractivity contribution in [2.45, 2.75) is 32.2 Å². The number of hydrogen-bond acceptors (Lipinski definition) is 5. The molecule has 1 saturated carbocycles. The van der Waals surface area contributed by atoms with Crippen LogP contribution >= 0.6 is 11.3 Å². The second-order valence-electron chi connectivity index (χ2n) is 4.01. The normalized spacial score (nSPS) is 14.5. The lowest BCUT2D eigenvalue weighted by atomic mass is 10.3. The minimum absolute atomic E-state index is 0.0955. The highest BCUT2D eigenvalue weighted by atomic mass is 32.1. The van der Waals surface area contributed by atoms with E-state index in [4.69, 9.17) is 5.84 Å². The summed E-state index contributed by atoms with van der Waals surface area (Å²) in [6.45, 7) is 1.77. The molecule has 0 aliphatic heterocycles. The first-order valence-corrected chi connectivity index (χ1v) is 6.18. The van der Waals surface area contributed by atoms with Gasteiger partial charge in [0.15, 0.2) is 0 Å². The highest BCUT2D eigenvalue weighted by molar-refractivity contribution is 7.13. The van der Waals surface area contributed by atoms with Crippen molar-refractivity contribution in [3.05, 3.63) is 15.6 Å². The first kappa shape index (κ1) is 12.0. The van der Waals surface area contributed by atoms with E-state index < -0.39 is 0 Å². The van der Waals surface area contributed by atoms with Gasteiger partial charge in [0.1, 0.15) is 9.88 Å². The highest BCUT2D eigenvalue weighted by Gasteiger charge is 2.26. The number of hydrogen-bond donors (Lipinski definition) is 3. The molecule has 2 amide bonds. The van der Waals surface area contributed by atoms with Crippen LogP contribution < -0.4 is 16.6 Å². The van der Waals surface area contributed by atoms with Crippen molar-refractivity contribution in [3.63, 3.8) is 0 Å². The zero-order chi connectivity index (χ0) is 12.4. The van der Waals surface area contributed by atoms with E-state index in [1.807, 2.05) is 5.43 Å². The molecule has 1 fully saturated rings. The van der Waals surface area contributed by atoms with Gasteiger partial charge in [-0.3, -0.25) is 15.0 Å². The fourth-order valence-corrected chi connectivity index (χ4v) is 2.37. The summed E-state index contributed by atoms with van der Waals surface area (Å²) < 4.78 is 0. The van der Waals surface area contributed by atoms with Crippen molar-refractivity contribution in [2.75, 3.05) is 0 Å². The molecule has 0 aromatic carbocycles. The van der Waals surface area contributed by atoms with Gasteiger partial charge in [-0.15, -0.1) is 11.3 Å². The van der Waals surface area contributed by atoms with Gasteiger partial charge in [0.05, 0.1) is 12.1 Å². The highest BCUT2D eigenvalue weighted by Crippen LogP contribution is 2.22. The molecular formula is C10H14N4O2S. The molecule has 0 spiro atoms. The molecule has 0 bridgehead atoms. The Kier molecular flexibility index (Phi) is 3.39. The van der Waals surface area contributed by atoms with E-state index in [-0.39, 0.29) is 18.2 Å². The number of amides is 2. The molecule has 0 radical (unpaired) electrons. The predicted molar refractivity (Wildman–Crippen MR) is 63.4 cm³/mol. The van der Waals surface area contributed by atoms with E-state index in [0.717, 1.165) is 12.8 Å². The zero-order valence-corrected chi connectivity index (χ0v) is 10.3.